The van der Waals surface area contributed by atoms with Gasteiger partial charge in [0.25, 0.3) is 5.91 Å². The lowest BCUT2D eigenvalue weighted by Crippen LogP contribution is -2.33. The topological polar surface area (TPSA) is 82.3 Å². The predicted octanol–water partition coefficient (Wildman–Crippen LogP) is 1.37. The Balaban J connectivity index is 2.37. The monoisotopic (exact) mass is 259 g/mol. The third-order valence-corrected chi connectivity index (χ3v) is 2.94. The van der Waals surface area contributed by atoms with E-state index >= 15 is 0 Å². The zero-order valence-electron chi connectivity index (χ0n) is 10.6. The number of H-pyrrole nitrogens is 1. The van der Waals surface area contributed by atoms with Crippen LogP contribution >= 0.6 is 0 Å². The predicted molar refractivity (Wildman–Crippen MR) is 75.9 cm³/mol. The van der Waals surface area contributed by atoms with Crippen LogP contribution in [0, 0.1) is 0 Å². The van der Waals surface area contributed by atoms with Crippen molar-refractivity contribution in [2.45, 2.75) is 0 Å². The van der Waals surface area contributed by atoms with Crippen molar-refractivity contribution in [2.24, 2.45) is 0 Å². The maximum atomic E-state index is 12.4. The molecule has 0 bridgehead atoms. The smallest absolute Gasteiger partial charge is 0.256 e. The first-order valence-corrected chi connectivity index (χ1v) is 6.05. The summed E-state index contributed by atoms with van der Waals surface area (Å²) in [5.74, 6) is -0.134. The minimum atomic E-state index is -0.134. The summed E-state index contributed by atoms with van der Waals surface area (Å²) in [5, 5.41) is 9.83. The lowest BCUT2D eigenvalue weighted by molar-refractivity contribution is 0.0745. The van der Waals surface area contributed by atoms with Crippen LogP contribution in [0.5, 0.6) is 0 Å². The molecule has 5 nitrogen and oxygen atoms in total. The minimum Gasteiger partial charge on any atom is -0.399 e. The van der Waals surface area contributed by atoms with E-state index in [4.69, 9.17) is 10.8 Å². The van der Waals surface area contributed by atoms with Crippen LogP contribution in [0.1, 0.15) is 10.4 Å². The van der Waals surface area contributed by atoms with Crippen molar-refractivity contribution in [3.63, 3.8) is 0 Å². The van der Waals surface area contributed by atoms with Gasteiger partial charge in [-0.15, -0.1) is 6.58 Å². The largest absolute Gasteiger partial charge is 0.399 e. The van der Waals surface area contributed by atoms with Crippen LogP contribution in [-0.4, -0.2) is 40.6 Å². The average Bonchev–Trinajstić information content (AvgIpc) is 2.80. The number of fused-ring (bicyclic) bond motifs is 1. The third-order valence-electron chi connectivity index (χ3n) is 2.94. The molecule has 1 aromatic heterocycles. The van der Waals surface area contributed by atoms with Crippen LogP contribution in [-0.2, 0) is 0 Å². The lowest BCUT2D eigenvalue weighted by atomic mass is 10.1. The molecule has 0 atom stereocenters. The summed E-state index contributed by atoms with van der Waals surface area (Å²) in [6.45, 7) is 4.23. The van der Waals surface area contributed by atoms with E-state index in [1.807, 2.05) is 6.07 Å². The molecule has 0 radical (unpaired) electrons. The van der Waals surface area contributed by atoms with E-state index in [1.54, 1.807) is 29.3 Å². The molecule has 100 valence electrons. The fourth-order valence-electron chi connectivity index (χ4n) is 2.04. The van der Waals surface area contributed by atoms with E-state index in [1.165, 1.54) is 0 Å². The number of nitrogens with two attached hydrogens (primary N) is 1. The van der Waals surface area contributed by atoms with Crippen molar-refractivity contribution >= 4 is 22.5 Å². The quantitative estimate of drug-likeness (QED) is 0.560. The normalized spacial score (nSPS) is 10.6. The molecule has 1 amide bonds. The molecule has 0 aliphatic heterocycles. The minimum absolute atomic E-state index is 0.0745. The number of carbonyl (C=O) groups excluding carboxylic acids is 1. The van der Waals surface area contributed by atoms with Crippen LogP contribution < -0.4 is 5.73 Å². The number of aliphatic hydroxyl groups is 1. The van der Waals surface area contributed by atoms with Crippen molar-refractivity contribution in [1.29, 1.82) is 0 Å². The fourth-order valence-corrected chi connectivity index (χ4v) is 2.04. The SMILES string of the molecule is C=CCN(CCO)C(=O)c1c[nH]c2cc(N)ccc12. The average molecular weight is 259 g/mol. The summed E-state index contributed by atoms with van der Waals surface area (Å²) < 4.78 is 0. The van der Waals surface area contributed by atoms with Crippen LogP contribution in [0.25, 0.3) is 10.9 Å². The van der Waals surface area contributed by atoms with Gasteiger partial charge in [-0.1, -0.05) is 6.08 Å². The highest BCUT2D eigenvalue weighted by Crippen LogP contribution is 2.21. The van der Waals surface area contributed by atoms with Gasteiger partial charge >= 0.3 is 0 Å². The molecule has 0 spiro atoms. The van der Waals surface area contributed by atoms with Gasteiger partial charge in [0.1, 0.15) is 0 Å². The van der Waals surface area contributed by atoms with Gasteiger partial charge in [0.15, 0.2) is 0 Å². The molecule has 2 aromatic rings. The van der Waals surface area contributed by atoms with Gasteiger partial charge < -0.3 is 20.7 Å². The highest BCUT2D eigenvalue weighted by Gasteiger charge is 2.17. The lowest BCUT2D eigenvalue weighted by Gasteiger charge is -2.19. The molecule has 0 fully saturated rings. The molecule has 1 aromatic carbocycles. The summed E-state index contributed by atoms with van der Waals surface area (Å²) >= 11 is 0. The Hall–Kier alpha value is -2.27. The van der Waals surface area contributed by atoms with Gasteiger partial charge in [-0.25, -0.2) is 0 Å². The molecule has 19 heavy (non-hydrogen) atoms. The Kier molecular flexibility index (Phi) is 3.87. The molecule has 2 rings (SSSR count). The molecule has 0 aliphatic carbocycles. The molecule has 0 unspecified atom stereocenters. The van der Waals surface area contributed by atoms with Crippen molar-refractivity contribution in [1.82, 2.24) is 9.88 Å². The molecule has 0 saturated heterocycles. The number of benzene rings is 1. The van der Waals surface area contributed by atoms with E-state index in [-0.39, 0.29) is 19.1 Å². The molecule has 1 heterocycles. The van der Waals surface area contributed by atoms with E-state index in [0.717, 1.165) is 10.9 Å². The summed E-state index contributed by atoms with van der Waals surface area (Å²) in [6, 6.07) is 5.37. The standard InChI is InChI=1S/C14H17N3O2/c1-2-5-17(6-7-18)14(19)12-9-16-13-8-10(15)3-4-11(12)13/h2-4,8-9,16,18H,1,5-7,15H2. The van der Waals surface area contributed by atoms with Crippen LogP contribution in [0.15, 0.2) is 37.1 Å². The number of rotatable bonds is 5. The molecule has 0 aliphatic rings. The summed E-state index contributed by atoms with van der Waals surface area (Å²) in [5.41, 5.74) is 7.75. The number of aromatic nitrogens is 1. The van der Waals surface area contributed by atoms with Crippen LogP contribution in [0.2, 0.25) is 0 Å². The first-order chi connectivity index (χ1) is 9.17. The number of hydrogen-bond donors (Lipinski definition) is 3. The number of nitrogens with one attached hydrogen (secondary N) is 1. The number of nitrogen functional groups attached to an aromatic ring is 1. The highest BCUT2D eigenvalue weighted by atomic mass is 16.3. The van der Waals surface area contributed by atoms with E-state index < -0.39 is 0 Å². The van der Waals surface area contributed by atoms with Crippen LogP contribution in [0.3, 0.4) is 0 Å². The van der Waals surface area contributed by atoms with Gasteiger partial charge in [-0.2, -0.15) is 0 Å². The van der Waals surface area contributed by atoms with Crippen LogP contribution in [0.4, 0.5) is 5.69 Å². The Bertz CT molecular complexity index is 604. The van der Waals surface area contributed by atoms with Gasteiger partial charge in [-0.3, -0.25) is 4.79 Å². The molecular weight excluding hydrogens is 242 g/mol. The second-order valence-electron chi connectivity index (χ2n) is 4.27. The van der Waals surface area contributed by atoms with Crippen molar-refractivity contribution in [2.75, 3.05) is 25.4 Å². The van der Waals surface area contributed by atoms with E-state index in [2.05, 4.69) is 11.6 Å². The summed E-state index contributed by atoms with van der Waals surface area (Å²) in [4.78, 5) is 17.0. The van der Waals surface area contributed by atoms with Crippen molar-refractivity contribution in [3.05, 3.63) is 42.6 Å². The van der Waals surface area contributed by atoms with E-state index in [0.29, 0.717) is 17.8 Å². The van der Waals surface area contributed by atoms with Gasteiger partial charge in [0, 0.05) is 35.9 Å². The van der Waals surface area contributed by atoms with Gasteiger partial charge in [-0.05, 0) is 18.2 Å². The number of aromatic amines is 1. The Morgan fingerprint density at radius 3 is 3.00 bits per heavy atom. The number of aliphatic hydroxyl groups excluding tert-OH is 1. The Labute approximate surface area is 111 Å². The number of anilines is 1. The van der Waals surface area contributed by atoms with Gasteiger partial charge in [0.2, 0.25) is 0 Å². The second-order valence-corrected chi connectivity index (χ2v) is 4.27. The molecule has 4 N–H and O–H groups in total. The van der Waals surface area contributed by atoms with Crippen molar-refractivity contribution in [3.8, 4) is 0 Å². The summed E-state index contributed by atoms with van der Waals surface area (Å²) in [7, 11) is 0. The van der Waals surface area contributed by atoms with Gasteiger partial charge in [0.05, 0.1) is 12.2 Å². The van der Waals surface area contributed by atoms with E-state index in [9.17, 15) is 4.79 Å². The number of amides is 1. The summed E-state index contributed by atoms with van der Waals surface area (Å²) in [6.07, 6.45) is 3.31. The highest BCUT2D eigenvalue weighted by molar-refractivity contribution is 6.07. The Morgan fingerprint density at radius 2 is 2.32 bits per heavy atom. The molecule has 5 heteroatoms. The van der Waals surface area contributed by atoms with Crippen molar-refractivity contribution < 1.29 is 9.90 Å². The zero-order chi connectivity index (χ0) is 13.8. The Morgan fingerprint density at radius 1 is 1.53 bits per heavy atom. The first kappa shape index (κ1) is 13.2. The molecule has 0 saturated carbocycles. The number of carbonyl (C=O) groups is 1. The fraction of sp³-hybridized carbons (Fsp3) is 0.214. The zero-order valence-corrected chi connectivity index (χ0v) is 10.6. The number of nitrogens with zero attached hydrogens (tertiary/aromatic N) is 1. The second kappa shape index (κ2) is 5.58. The number of hydrogen-bond acceptors (Lipinski definition) is 3. The maximum absolute atomic E-state index is 12.4. The maximum Gasteiger partial charge on any atom is 0.256 e. The first-order valence-electron chi connectivity index (χ1n) is 6.05. The third kappa shape index (κ3) is 2.61. The molecular formula is C14H17N3O2.